The fourth-order valence-corrected chi connectivity index (χ4v) is 3.82. The van der Waals surface area contributed by atoms with Crippen molar-refractivity contribution in [3.63, 3.8) is 0 Å². The molecule has 8 heteroatoms. The lowest BCUT2D eigenvalue weighted by atomic mass is 10.4. The topological polar surface area (TPSA) is 57.6 Å². The minimum Gasteiger partial charge on any atom is -0.395 e. The molecule has 0 atom stereocenters. The van der Waals surface area contributed by atoms with E-state index in [1.165, 1.54) is 12.1 Å². The lowest BCUT2D eigenvalue weighted by Gasteiger charge is -2.20. The molecule has 0 spiro atoms. The second-order valence-electron chi connectivity index (χ2n) is 3.42. The van der Waals surface area contributed by atoms with Crippen molar-refractivity contribution in [3.8, 4) is 0 Å². The Morgan fingerprint density at radius 1 is 1.17 bits per heavy atom. The van der Waals surface area contributed by atoms with Gasteiger partial charge in [-0.2, -0.15) is 4.31 Å². The number of hydrogen-bond acceptors (Lipinski definition) is 3. The molecule has 18 heavy (non-hydrogen) atoms. The maximum Gasteiger partial charge on any atom is 0.244 e. The second kappa shape index (κ2) is 6.41. The van der Waals surface area contributed by atoms with Crippen LogP contribution in [0, 0.1) is 0 Å². The molecule has 0 bridgehead atoms. The maximum atomic E-state index is 12.3. The minimum atomic E-state index is -3.78. The van der Waals surface area contributed by atoms with Crippen molar-refractivity contribution in [2.45, 2.75) is 11.8 Å². The van der Waals surface area contributed by atoms with Gasteiger partial charge < -0.3 is 5.11 Å². The first-order chi connectivity index (χ1) is 8.34. The van der Waals surface area contributed by atoms with Gasteiger partial charge in [-0.25, -0.2) is 8.42 Å². The number of benzene rings is 1. The summed E-state index contributed by atoms with van der Waals surface area (Å²) in [5.74, 6) is 0. The molecule has 0 aliphatic rings. The fourth-order valence-electron chi connectivity index (χ4n) is 1.40. The van der Waals surface area contributed by atoms with Gasteiger partial charge in [-0.3, -0.25) is 0 Å². The summed E-state index contributed by atoms with van der Waals surface area (Å²) in [5, 5.41) is 9.16. The molecule has 0 amide bonds. The Morgan fingerprint density at radius 3 is 2.22 bits per heavy atom. The molecule has 0 unspecified atom stereocenters. The Hall–Kier alpha value is -0.0400. The Morgan fingerprint density at radius 2 is 1.72 bits per heavy atom. The third-order valence-electron chi connectivity index (χ3n) is 2.29. The highest BCUT2D eigenvalue weighted by molar-refractivity contribution is 7.89. The smallest absolute Gasteiger partial charge is 0.244 e. The van der Waals surface area contributed by atoms with Crippen molar-refractivity contribution >= 4 is 44.8 Å². The first kappa shape index (κ1) is 16.0. The van der Waals surface area contributed by atoms with Crippen molar-refractivity contribution in [2.75, 3.05) is 19.7 Å². The lowest BCUT2D eigenvalue weighted by molar-refractivity contribution is 0.257. The van der Waals surface area contributed by atoms with Gasteiger partial charge >= 0.3 is 0 Å². The zero-order chi connectivity index (χ0) is 13.9. The molecular formula is C10H12Cl3NO3S. The van der Waals surface area contributed by atoms with Crippen LogP contribution < -0.4 is 0 Å². The number of likely N-dealkylation sites (N-methyl/N-ethyl adjacent to an activating group) is 1. The van der Waals surface area contributed by atoms with Gasteiger partial charge in [0.15, 0.2) is 0 Å². The van der Waals surface area contributed by atoms with Gasteiger partial charge in [0.25, 0.3) is 0 Å². The van der Waals surface area contributed by atoms with Gasteiger partial charge in [-0.1, -0.05) is 41.7 Å². The van der Waals surface area contributed by atoms with E-state index in [0.29, 0.717) is 0 Å². The average Bonchev–Trinajstić information content (AvgIpc) is 2.30. The van der Waals surface area contributed by atoms with Crippen molar-refractivity contribution in [1.82, 2.24) is 4.31 Å². The van der Waals surface area contributed by atoms with E-state index in [4.69, 9.17) is 39.9 Å². The number of sulfonamides is 1. The molecule has 0 saturated heterocycles. The summed E-state index contributed by atoms with van der Waals surface area (Å²) in [6.45, 7) is 1.61. The zero-order valence-corrected chi connectivity index (χ0v) is 12.6. The van der Waals surface area contributed by atoms with Gasteiger partial charge in [-0.05, 0) is 12.1 Å². The van der Waals surface area contributed by atoms with Crippen molar-refractivity contribution in [2.24, 2.45) is 0 Å². The van der Waals surface area contributed by atoms with Crippen molar-refractivity contribution in [3.05, 3.63) is 27.2 Å². The Balaban J connectivity index is 3.32. The largest absolute Gasteiger partial charge is 0.395 e. The zero-order valence-electron chi connectivity index (χ0n) is 9.53. The molecule has 4 nitrogen and oxygen atoms in total. The van der Waals surface area contributed by atoms with Gasteiger partial charge in [0.2, 0.25) is 10.0 Å². The molecule has 102 valence electrons. The third-order valence-corrected chi connectivity index (χ3v) is 5.46. The summed E-state index contributed by atoms with van der Waals surface area (Å²) in [6.07, 6.45) is 0. The van der Waals surface area contributed by atoms with E-state index in [2.05, 4.69) is 0 Å². The fraction of sp³-hybridized carbons (Fsp3) is 0.400. The molecule has 0 heterocycles. The van der Waals surface area contributed by atoms with E-state index in [9.17, 15) is 8.42 Å². The number of nitrogens with zero attached hydrogens (tertiary/aromatic N) is 1. The van der Waals surface area contributed by atoms with E-state index in [1.807, 2.05) is 0 Å². The number of halogens is 3. The molecule has 0 aliphatic heterocycles. The van der Waals surface area contributed by atoms with Crippen LogP contribution in [0.2, 0.25) is 15.1 Å². The summed E-state index contributed by atoms with van der Waals surface area (Å²) in [6, 6.07) is 2.49. The summed E-state index contributed by atoms with van der Waals surface area (Å²) in [5.41, 5.74) is 0. The van der Waals surface area contributed by atoms with Crippen LogP contribution in [0.1, 0.15) is 6.92 Å². The standard InChI is InChI=1S/C10H12Cl3NO3S/c1-2-14(3-4-15)18(16,17)10-6-8(12)7(11)5-9(10)13/h5-6,15H,2-4H2,1H3. The maximum absolute atomic E-state index is 12.3. The first-order valence-corrected chi connectivity index (χ1v) is 7.67. The predicted octanol–water partition coefficient (Wildman–Crippen LogP) is 2.65. The molecule has 0 radical (unpaired) electrons. The van der Waals surface area contributed by atoms with Gasteiger partial charge in [0, 0.05) is 13.1 Å². The third kappa shape index (κ3) is 3.29. The Labute approximate surface area is 121 Å². The second-order valence-corrected chi connectivity index (χ2v) is 6.55. The molecule has 1 N–H and O–H groups in total. The molecule has 1 rings (SSSR count). The van der Waals surface area contributed by atoms with Crippen LogP contribution in [0.15, 0.2) is 17.0 Å². The van der Waals surface area contributed by atoms with Crippen LogP contribution in [-0.4, -0.2) is 37.5 Å². The molecule has 0 saturated carbocycles. The van der Waals surface area contributed by atoms with Crippen LogP contribution in [0.5, 0.6) is 0 Å². The Bertz CT molecular complexity index is 533. The molecule has 1 aromatic rings. The summed E-state index contributed by atoms with van der Waals surface area (Å²) < 4.78 is 25.6. The molecule has 0 aliphatic carbocycles. The number of aliphatic hydroxyl groups excluding tert-OH is 1. The molecule has 0 aromatic heterocycles. The molecular weight excluding hydrogens is 321 g/mol. The van der Waals surface area contributed by atoms with Crippen molar-refractivity contribution < 1.29 is 13.5 Å². The lowest BCUT2D eigenvalue weighted by Crippen LogP contribution is -2.33. The number of rotatable bonds is 5. The van der Waals surface area contributed by atoms with E-state index >= 15 is 0 Å². The Kier molecular flexibility index (Phi) is 5.70. The van der Waals surface area contributed by atoms with Gasteiger partial charge in [-0.15, -0.1) is 0 Å². The minimum absolute atomic E-state index is 0.000731. The highest BCUT2D eigenvalue weighted by Gasteiger charge is 2.26. The number of aliphatic hydroxyl groups is 1. The van der Waals surface area contributed by atoms with Gasteiger partial charge in [0.1, 0.15) is 4.90 Å². The normalized spacial score (nSPS) is 12.1. The summed E-state index contributed by atoms with van der Waals surface area (Å²) in [4.78, 5) is -0.117. The van der Waals surface area contributed by atoms with Crippen LogP contribution in [0.4, 0.5) is 0 Å². The van der Waals surface area contributed by atoms with Crippen LogP contribution in [0.3, 0.4) is 0 Å². The SMILES string of the molecule is CCN(CCO)S(=O)(=O)c1cc(Cl)c(Cl)cc1Cl. The highest BCUT2D eigenvalue weighted by Crippen LogP contribution is 2.32. The van der Waals surface area contributed by atoms with Gasteiger partial charge in [0.05, 0.1) is 21.7 Å². The summed E-state index contributed by atoms with van der Waals surface area (Å²) >= 11 is 17.4. The average molecular weight is 333 g/mol. The predicted molar refractivity (Wildman–Crippen MR) is 73.0 cm³/mol. The first-order valence-electron chi connectivity index (χ1n) is 5.10. The summed E-state index contributed by atoms with van der Waals surface area (Å²) in [7, 11) is -3.78. The molecule has 0 fully saturated rings. The van der Waals surface area contributed by atoms with E-state index in [-0.39, 0.29) is 39.7 Å². The van der Waals surface area contributed by atoms with E-state index in [1.54, 1.807) is 6.92 Å². The van der Waals surface area contributed by atoms with Crippen LogP contribution in [0.25, 0.3) is 0 Å². The van der Waals surface area contributed by atoms with Crippen LogP contribution >= 0.6 is 34.8 Å². The molecule has 1 aromatic carbocycles. The van der Waals surface area contributed by atoms with Crippen LogP contribution in [-0.2, 0) is 10.0 Å². The number of hydrogen-bond donors (Lipinski definition) is 1. The van der Waals surface area contributed by atoms with E-state index in [0.717, 1.165) is 4.31 Å². The van der Waals surface area contributed by atoms with Crippen molar-refractivity contribution in [1.29, 1.82) is 0 Å². The van der Waals surface area contributed by atoms with E-state index < -0.39 is 10.0 Å². The highest BCUT2D eigenvalue weighted by atomic mass is 35.5. The monoisotopic (exact) mass is 331 g/mol. The quantitative estimate of drug-likeness (QED) is 0.843.